The summed E-state index contributed by atoms with van der Waals surface area (Å²) in [7, 11) is 0. The highest BCUT2D eigenvalue weighted by Crippen LogP contribution is 2.25. The molecule has 4 rings (SSSR count). The summed E-state index contributed by atoms with van der Waals surface area (Å²) in [6, 6.07) is 20.6. The predicted molar refractivity (Wildman–Crippen MR) is 126 cm³/mol. The number of aromatic nitrogens is 2. The van der Waals surface area contributed by atoms with Gasteiger partial charge in [-0.25, -0.2) is 10.4 Å². The fourth-order valence-corrected chi connectivity index (χ4v) is 4.60. The van der Waals surface area contributed by atoms with Crippen molar-refractivity contribution in [2.45, 2.75) is 25.5 Å². The number of hydrazone groups is 1. The van der Waals surface area contributed by atoms with Gasteiger partial charge in [0.15, 0.2) is 5.16 Å². The summed E-state index contributed by atoms with van der Waals surface area (Å²) in [4.78, 5) is 19.2. The molecule has 2 heterocycles. The molecule has 0 aliphatic carbocycles. The van der Waals surface area contributed by atoms with E-state index in [2.05, 4.69) is 52.3 Å². The Morgan fingerprint density at radius 3 is 2.70 bits per heavy atom. The van der Waals surface area contributed by atoms with E-state index in [-0.39, 0.29) is 11.7 Å². The van der Waals surface area contributed by atoms with Crippen LogP contribution in [-0.2, 0) is 11.3 Å². The largest absolute Gasteiger partial charge is 0.314 e. The van der Waals surface area contributed by atoms with Gasteiger partial charge in [0.2, 0.25) is 0 Å². The average Bonchev–Trinajstić information content (AvgIpc) is 3.31. The lowest BCUT2D eigenvalue weighted by molar-refractivity contribution is -0.118. The fourth-order valence-electron chi connectivity index (χ4n) is 3.05. The van der Waals surface area contributed by atoms with Crippen molar-refractivity contribution in [3.8, 4) is 0 Å². The summed E-state index contributed by atoms with van der Waals surface area (Å²) in [6.45, 7) is 4.83. The molecule has 0 radical (unpaired) electrons. The molecule has 2 aromatic heterocycles. The Morgan fingerprint density at radius 2 is 1.93 bits per heavy atom. The molecule has 0 bridgehead atoms. The third-order valence-electron chi connectivity index (χ3n) is 4.56. The van der Waals surface area contributed by atoms with Crippen molar-refractivity contribution >= 4 is 46.3 Å². The minimum absolute atomic E-state index is 0.154. The highest BCUT2D eigenvalue weighted by molar-refractivity contribution is 7.99. The maximum atomic E-state index is 12.3. The van der Waals surface area contributed by atoms with Gasteiger partial charge >= 0.3 is 0 Å². The number of thioether (sulfide) groups is 1. The number of rotatable bonds is 7. The van der Waals surface area contributed by atoms with Crippen molar-refractivity contribution in [3.63, 3.8) is 0 Å². The van der Waals surface area contributed by atoms with E-state index >= 15 is 0 Å². The molecule has 1 N–H and O–H groups in total. The zero-order chi connectivity index (χ0) is 20.9. The lowest BCUT2D eigenvalue weighted by Gasteiger charge is -2.09. The molecule has 0 spiro atoms. The molecule has 0 atom stereocenters. The Morgan fingerprint density at radius 1 is 1.13 bits per heavy atom. The monoisotopic (exact) mass is 434 g/mol. The predicted octanol–water partition coefficient (Wildman–Crippen LogP) is 5.01. The summed E-state index contributed by atoms with van der Waals surface area (Å²) in [5, 5.41) is 4.88. The number of thiophene rings is 1. The second kappa shape index (κ2) is 9.28. The molecule has 0 aliphatic heterocycles. The van der Waals surface area contributed by atoms with Gasteiger partial charge in [0, 0.05) is 9.75 Å². The van der Waals surface area contributed by atoms with Crippen LogP contribution in [0.2, 0.25) is 0 Å². The second-order valence-electron chi connectivity index (χ2n) is 6.99. The van der Waals surface area contributed by atoms with E-state index in [0.717, 1.165) is 21.1 Å². The molecule has 152 valence electrons. The van der Waals surface area contributed by atoms with Gasteiger partial charge in [0.25, 0.3) is 5.91 Å². The summed E-state index contributed by atoms with van der Waals surface area (Å²) >= 11 is 3.06. The number of benzene rings is 2. The highest BCUT2D eigenvalue weighted by atomic mass is 32.2. The van der Waals surface area contributed by atoms with E-state index in [1.807, 2.05) is 37.3 Å². The quantitative estimate of drug-likeness (QED) is 0.253. The maximum absolute atomic E-state index is 12.3. The Kier molecular flexibility index (Phi) is 6.30. The van der Waals surface area contributed by atoms with Crippen LogP contribution in [0.15, 0.2) is 70.9 Å². The molecule has 7 heteroatoms. The van der Waals surface area contributed by atoms with Crippen molar-refractivity contribution in [1.29, 1.82) is 0 Å². The smallest absolute Gasteiger partial charge is 0.250 e. The molecule has 5 nitrogen and oxygen atoms in total. The summed E-state index contributed by atoms with van der Waals surface area (Å²) in [5.41, 5.74) is 7.03. The van der Waals surface area contributed by atoms with Crippen molar-refractivity contribution < 1.29 is 4.79 Å². The van der Waals surface area contributed by atoms with E-state index < -0.39 is 0 Å². The summed E-state index contributed by atoms with van der Waals surface area (Å²) in [6.07, 6.45) is 1.67. The van der Waals surface area contributed by atoms with Gasteiger partial charge in [-0.15, -0.1) is 11.3 Å². The zero-order valence-corrected chi connectivity index (χ0v) is 18.5. The van der Waals surface area contributed by atoms with Crippen LogP contribution >= 0.6 is 23.1 Å². The van der Waals surface area contributed by atoms with Crippen molar-refractivity contribution in [1.82, 2.24) is 15.0 Å². The molecule has 2 aromatic carbocycles. The van der Waals surface area contributed by atoms with Gasteiger partial charge in [-0.3, -0.25) is 4.79 Å². The van der Waals surface area contributed by atoms with Crippen LogP contribution in [0.3, 0.4) is 0 Å². The van der Waals surface area contributed by atoms with Gasteiger partial charge in [0.05, 0.1) is 29.5 Å². The highest BCUT2D eigenvalue weighted by Gasteiger charge is 2.13. The van der Waals surface area contributed by atoms with Gasteiger partial charge in [-0.2, -0.15) is 5.10 Å². The maximum Gasteiger partial charge on any atom is 0.250 e. The average molecular weight is 435 g/mol. The van der Waals surface area contributed by atoms with Gasteiger partial charge in [-0.05, 0) is 43.7 Å². The third kappa shape index (κ3) is 4.98. The molecule has 0 saturated carbocycles. The number of para-hydroxylation sites is 2. The van der Waals surface area contributed by atoms with Crippen LogP contribution in [-0.4, -0.2) is 27.4 Å². The molecule has 1 amide bonds. The molecule has 0 saturated heterocycles. The number of hydrogen-bond acceptors (Lipinski definition) is 5. The number of fused-ring (bicyclic) bond motifs is 1. The Hall–Kier alpha value is -2.90. The normalized spacial score (nSPS) is 11.4. The van der Waals surface area contributed by atoms with Crippen LogP contribution in [0.4, 0.5) is 0 Å². The molecular weight excluding hydrogens is 412 g/mol. The number of hydrogen-bond donors (Lipinski definition) is 1. The van der Waals surface area contributed by atoms with Gasteiger partial charge in [-0.1, -0.05) is 53.7 Å². The van der Waals surface area contributed by atoms with E-state index in [1.54, 1.807) is 17.6 Å². The number of aryl methyl sites for hydroxylation is 2. The molecule has 0 fully saturated rings. The zero-order valence-electron chi connectivity index (χ0n) is 16.8. The number of amides is 1. The number of carbonyl (C=O) groups excluding carboxylic acids is 1. The van der Waals surface area contributed by atoms with Crippen LogP contribution in [0.5, 0.6) is 0 Å². The molecule has 4 aromatic rings. The van der Waals surface area contributed by atoms with E-state index in [0.29, 0.717) is 6.54 Å². The standard InChI is InChI=1S/C23H22N4OS2/c1-16-7-10-18(11-8-16)14-27-21-6-4-3-5-20(21)25-23(27)29-15-22(28)26-24-13-19-12-9-17(2)30-19/h3-13H,14-15H2,1-2H3,(H,26,28)/b24-13+. The Labute approximate surface area is 183 Å². The molecule has 0 aliphatic rings. The SMILES string of the molecule is Cc1ccc(Cn2c(SCC(=O)N/N=C/c3ccc(C)s3)nc3ccccc32)cc1. The minimum atomic E-state index is -0.154. The van der Waals surface area contributed by atoms with E-state index in [9.17, 15) is 4.79 Å². The number of nitrogens with zero attached hydrogens (tertiary/aromatic N) is 3. The Bertz CT molecular complexity index is 1190. The first-order valence-corrected chi connectivity index (χ1v) is 11.4. The second-order valence-corrected chi connectivity index (χ2v) is 9.25. The van der Waals surface area contributed by atoms with Crippen LogP contribution in [0, 0.1) is 13.8 Å². The lowest BCUT2D eigenvalue weighted by atomic mass is 10.1. The fraction of sp³-hybridized carbons (Fsp3) is 0.174. The molecule has 30 heavy (non-hydrogen) atoms. The third-order valence-corrected chi connectivity index (χ3v) is 6.47. The first kappa shape index (κ1) is 20.4. The van der Waals surface area contributed by atoms with Crippen LogP contribution in [0.1, 0.15) is 20.9 Å². The van der Waals surface area contributed by atoms with Crippen LogP contribution in [0.25, 0.3) is 11.0 Å². The first-order chi connectivity index (χ1) is 14.6. The number of nitrogens with one attached hydrogen (secondary N) is 1. The number of carbonyl (C=O) groups is 1. The van der Waals surface area contributed by atoms with E-state index in [1.165, 1.54) is 27.8 Å². The van der Waals surface area contributed by atoms with Crippen molar-refractivity contribution in [3.05, 3.63) is 81.5 Å². The lowest BCUT2D eigenvalue weighted by Crippen LogP contribution is -2.20. The topological polar surface area (TPSA) is 59.3 Å². The molecular formula is C23H22N4OS2. The first-order valence-electron chi connectivity index (χ1n) is 9.60. The minimum Gasteiger partial charge on any atom is -0.314 e. The summed E-state index contributed by atoms with van der Waals surface area (Å²) < 4.78 is 2.16. The van der Waals surface area contributed by atoms with Crippen molar-refractivity contribution in [2.75, 3.05) is 5.75 Å². The van der Waals surface area contributed by atoms with Crippen molar-refractivity contribution in [2.24, 2.45) is 5.10 Å². The van der Waals surface area contributed by atoms with Crippen LogP contribution < -0.4 is 5.43 Å². The van der Waals surface area contributed by atoms with E-state index in [4.69, 9.17) is 4.98 Å². The van der Waals surface area contributed by atoms with Gasteiger partial charge in [0.1, 0.15) is 0 Å². The Balaban J connectivity index is 1.45. The van der Waals surface area contributed by atoms with Gasteiger partial charge < -0.3 is 4.57 Å². The number of imidazole rings is 1. The molecule has 0 unspecified atom stereocenters. The summed E-state index contributed by atoms with van der Waals surface area (Å²) in [5.74, 6) is 0.0938.